The van der Waals surface area contributed by atoms with Crippen molar-refractivity contribution in [3.8, 4) is 0 Å². The van der Waals surface area contributed by atoms with Crippen molar-refractivity contribution in [2.45, 2.75) is 44.2 Å². The van der Waals surface area contributed by atoms with Gasteiger partial charge in [0.1, 0.15) is 0 Å². The number of amides is 1. The van der Waals surface area contributed by atoms with Crippen molar-refractivity contribution in [2.24, 2.45) is 0 Å². The number of nitrogens with one attached hydrogen (secondary N) is 1. The lowest BCUT2D eigenvalue weighted by molar-refractivity contribution is -0.127. The number of aliphatic hydroxyl groups excluding tert-OH is 1. The molecule has 2 fully saturated rings. The maximum Gasteiger partial charge on any atom is 0.222 e. The van der Waals surface area contributed by atoms with E-state index in [2.05, 4.69) is 5.32 Å². The lowest BCUT2D eigenvalue weighted by Gasteiger charge is -2.33. The van der Waals surface area contributed by atoms with Gasteiger partial charge in [-0.15, -0.1) is 0 Å². The van der Waals surface area contributed by atoms with Crippen molar-refractivity contribution in [3.05, 3.63) is 0 Å². The fraction of sp³-hybridized carbons (Fsp3) is 0.909. The molecule has 0 radical (unpaired) electrons. The van der Waals surface area contributed by atoms with Crippen LogP contribution in [0.1, 0.15) is 32.1 Å². The van der Waals surface area contributed by atoms with Gasteiger partial charge in [0.15, 0.2) is 0 Å². The van der Waals surface area contributed by atoms with Crippen LogP contribution >= 0.6 is 0 Å². The van der Waals surface area contributed by atoms with Gasteiger partial charge in [0, 0.05) is 25.6 Å². The Morgan fingerprint density at radius 3 is 2.87 bits per heavy atom. The number of rotatable bonds is 5. The molecule has 0 bridgehead atoms. The number of hydrogen-bond donors (Lipinski definition) is 2. The highest BCUT2D eigenvalue weighted by Crippen LogP contribution is 2.19. The molecule has 1 amide bonds. The Labute approximate surface area is 90.6 Å². The maximum atomic E-state index is 11.3. The van der Waals surface area contributed by atoms with Crippen LogP contribution in [0.4, 0.5) is 0 Å². The van der Waals surface area contributed by atoms with Gasteiger partial charge in [-0.1, -0.05) is 0 Å². The van der Waals surface area contributed by atoms with E-state index < -0.39 is 0 Å². The molecule has 2 aliphatic rings. The molecule has 1 aliphatic carbocycles. The molecule has 1 saturated heterocycles. The second-order valence-corrected chi connectivity index (χ2v) is 4.54. The molecule has 0 aromatic heterocycles. The molecule has 4 nitrogen and oxygen atoms in total. The summed E-state index contributed by atoms with van der Waals surface area (Å²) < 4.78 is 0. The molecule has 2 rings (SSSR count). The molecule has 1 heterocycles. The van der Waals surface area contributed by atoms with E-state index in [0.717, 1.165) is 51.7 Å². The third-order valence-corrected chi connectivity index (χ3v) is 3.42. The van der Waals surface area contributed by atoms with E-state index in [-0.39, 0.29) is 6.10 Å². The third kappa shape index (κ3) is 2.69. The SMILES string of the molecule is O=C1CCCN1CCCN[C@@H]1CC[C@H]1O. The molecule has 0 unspecified atom stereocenters. The van der Waals surface area contributed by atoms with E-state index in [1.807, 2.05) is 4.90 Å². The zero-order chi connectivity index (χ0) is 10.7. The van der Waals surface area contributed by atoms with Gasteiger partial charge in [-0.25, -0.2) is 0 Å². The molecule has 15 heavy (non-hydrogen) atoms. The first-order chi connectivity index (χ1) is 7.27. The van der Waals surface area contributed by atoms with Gasteiger partial charge in [0.2, 0.25) is 5.91 Å². The highest BCUT2D eigenvalue weighted by atomic mass is 16.3. The van der Waals surface area contributed by atoms with Crippen molar-refractivity contribution < 1.29 is 9.90 Å². The zero-order valence-electron chi connectivity index (χ0n) is 9.11. The standard InChI is InChI=1S/C11H20N2O2/c14-10-5-4-9(10)12-6-2-8-13-7-1-3-11(13)15/h9-10,12,14H,1-8H2/t9-,10-/m1/s1. The Morgan fingerprint density at radius 2 is 2.33 bits per heavy atom. The number of carbonyl (C=O) groups excluding carboxylic acids is 1. The van der Waals surface area contributed by atoms with Gasteiger partial charge < -0.3 is 15.3 Å². The molecule has 1 saturated carbocycles. The lowest BCUT2D eigenvalue weighted by Crippen LogP contribution is -2.48. The first-order valence-electron chi connectivity index (χ1n) is 5.96. The number of hydrogen-bond acceptors (Lipinski definition) is 3. The van der Waals surface area contributed by atoms with E-state index >= 15 is 0 Å². The van der Waals surface area contributed by atoms with Crippen LogP contribution < -0.4 is 5.32 Å². The van der Waals surface area contributed by atoms with Crippen molar-refractivity contribution in [1.29, 1.82) is 0 Å². The maximum absolute atomic E-state index is 11.3. The van der Waals surface area contributed by atoms with Gasteiger partial charge >= 0.3 is 0 Å². The van der Waals surface area contributed by atoms with Crippen molar-refractivity contribution >= 4 is 5.91 Å². The molecular weight excluding hydrogens is 192 g/mol. The molecule has 2 N–H and O–H groups in total. The quantitative estimate of drug-likeness (QED) is 0.636. The van der Waals surface area contributed by atoms with Gasteiger partial charge in [-0.3, -0.25) is 4.79 Å². The monoisotopic (exact) mass is 212 g/mol. The Bertz CT molecular complexity index is 233. The molecule has 0 spiro atoms. The predicted octanol–water partition coefficient (Wildman–Crippen LogP) is 0.112. The first-order valence-corrected chi connectivity index (χ1v) is 5.96. The van der Waals surface area contributed by atoms with Crippen molar-refractivity contribution in [3.63, 3.8) is 0 Å². The van der Waals surface area contributed by atoms with Crippen LogP contribution in [-0.2, 0) is 4.79 Å². The number of likely N-dealkylation sites (tertiary alicyclic amines) is 1. The highest BCUT2D eigenvalue weighted by molar-refractivity contribution is 5.77. The fourth-order valence-corrected chi connectivity index (χ4v) is 2.22. The summed E-state index contributed by atoms with van der Waals surface area (Å²) in [6.07, 6.45) is 4.63. The Balaban J connectivity index is 1.53. The van der Waals surface area contributed by atoms with Crippen LogP contribution in [0.5, 0.6) is 0 Å². The van der Waals surface area contributed by atoms with Gasteiger partial charge in [-0.2, -0.15) is 0 Å². The summed E-state index contributed by atoms with van der Waals surface area (Å²) >= 11 is 0. The van der Waals surface area contributed by atoms with E-state index in [1.54, 1.807) is 0 Å². The number of aliphatic hydroxyl groups is 1. The summed E-state index contributed by atoms with van der Waals surface area (Å²) in [5.74, 6) is 0.304. The minimum atomic E-state index is -0.140. The summed E-state index contributed by atoms with van der Waals surface area (Å²) in [5, 5.41) is 12.7. The van der Waals surface area contributed by atoms with Crippen LogP contribution in [0.2, 0.25) is 0 Å². The summed E-state index contributed by atoms with van der Waals surface area (Å²) in [5.41, 5.74) is 0. The third-order valence-electron chi connectivity index (χ3n) is 3.42. The molecule has 86 valence electrons. The van der Waals surface area contributed by atoms with E-state index in [1.165, 1.54) is 0 Å². The Hall–Kier alpha value is -0.610. The van der Waals surface area contributed by atoms with Crippen LogP contribution in [0.25, 0.3) is 0 Å². The second kappa shape index (κ2) is 4.94. The summed E-state index contributed by atoms with van der Waals surface area (Å²) in [6, 6.07) is 0.305. The lowest BCUT2D eigenvalue weighted by atomic mass is 9.89. The summed E-state index contributed by atoms with van der Waals surface area (Å²) in [7, 11) is 0. The first kappa shape index (κ1) is 10.9. The van der Waals surface area contributed by atoms with Crippen LogP contribution in [0.15, 0.2) is 0 Å². The van der Waals surface area contributed by atoms with Crippen LogP contribution in [-0.4, -0.2) is 47.7 Å². The fourth-order valence-electron chi connectivity index (χ4n) is 2.22. The highest BCUT2D eigenvalue weighted by Gasteiger charge is 2.27. The number of carbonyl (C=O) groups is 1. The molecular formula is C11H20N2O2. The van der Waals surface area contributed by atoms with Gasteiger partial charge in [-0.05, 0) is 32.2 Å². The van der Waals surface area contributed by atoms with Crippen molar-refractivity contribution in [1.82, 2.24) is 10.2 Å². The molecule has 1 aliphatic heterocycles. The average Bonchev–Trinajstić information content (AvgIpc) is 2.62. The van der Waals surface area contributed by atoms with E-state index in [0.29, 0.717) is 11.9 Å². The smallest absolute Gasteiger partial charge is 0.222 e. The largest absolute Gasteiger partial charge is 0.392 e. The second-order valence-electron chi connectivity index (χ2n) is 4.54. The van der Waals surface area contributed by atoms with E-state index in [9.17, 15) is 9.90 Å². The van der Waals surface area contributed by atoms with Gasteiger partial charge in [0.25, 0.3) is 0 Å². The molecule has 4 heteroatoms. The Kier molecular flexibility index (Phi) is 3.59. The van der Waals surface area contributed by atoms with Crippen LogP contribution in [0.3, 0.4) is 0 Å². The normalized spacial score (nSPS) is 30.7. The van der Waals surface area contributed by atoms with E-state index in [4.69, 9.17) is 0 Å². The number of nitrogens with zero attached hydrogens (tertiary/aromatic N) is 1. The van der Waals surface area contributed by atoms with Gasteiger partial charge in [0.05, 0.1) is 6.10 Å². The minimum Gasteiger partial charge on any atom is -0.392 e. The average molecular weight is 212 g/mol. The molecule has 0 aromatic carbocycles. The topological polar surface area (TPSA) is 52.6 Å². The van der Waals surface area contributed by atoms with Crippen LogP contribution in [0, 0.1) is 0 Å². The summed E-state index contributed by atoms with van der Waals surface area (Å²) in [4.78, 5) is 13.2. The van der Waals surface area contributed by atoms with Crippen molar-refractivity contribution in [2.75, 3.05) is 19.6 Å². The summed E-state index contributed by atoms with van der Waals surface area (Å²) in [6.45, 7) is 2.71. The minimum absolute atomic E-state index is 0.140. The Morgan fingerprint density at radius 1 is 1.47 bits per heavy atom. The predicted molar refractivity (Wildman–Crippen MR) is 57.5 cm³/mol. The molecule has 2 atom stereocenters. The molecule has 0 aromatic rings. The zero-order valence-corrected chi connectivity index (χ0v) is 9.11.